The molecule has 1 aliphatic heterocycles. The number of aliphatic carboxylic acids is 1. The highest BCUT2D eigenvalue weighted by molar-refractivity contribution is 6.53. The number of amides is 2. The maximum absolute atomic E-state index is 13.4. The van der Waals surface area contributed by atoms with Crippen molar-refractivity contribution >= 4 is 35.4 Å². The Kier molecular flexibility index (Phi) is 7.21. The molecule has 0 unspecified atom stereocenters. The van der Waals surface area contributed by atoms with Crippen LogP contribution < -0.4 is 10.6 Å². The molecule has 9 heteroatoms. The molecule has 2 aromatic carbocycles. The zero-order chi connectivity index (χ0) is 22.2. The summed E-state index contributed by atoms with van der Waals surface area (Å²) in [5.41, 5.74) is 2.03. The molecule has 0 radical (unpaired) electrons. The summed E-state index contributed by atoms with van der Waals surface area (Å²) in [6.07, 6.45) is 3.61. The predicted octanol–water partition coefficient (Wildman–Crippen LogP) is 2.98. The first-order valence-corrected chi connectivity index (χ1v) is 9.76. The number of halogens is 1. The standard InChI is InChI=1S/C22H21FN4O4/c23-16-9-10-18-17(12-16)20(22(31)26-18)27-25-13-14-5-7-15(8-6-14)21(30)24-11-3-1-2-4-19(28)29/h5-10,12-13H,1-4,11H2,(H,24,30)(H,28,29)(H,26,27,31). The Hall–Kier alpha value is -3.88. The number of anilines is 1. The number of unbranched alkanes of at least 4 members (excludes halogenated alkanes) is 2. The van der Waals surface area contributed by atoms with Crippen LogP contribution in [0.1, 0.15) is 47.2 Å². The lowest BCUT2D eigenvalue weighted by Gasteiger charge is -2.05. The fourth-order valence-corrected chi connectivity index (χ4v) is 2.98. The molecule has 160 valence electrons. The second-order valence-corrected chi connectivity index (χ2v) is 6.92. The van der Waals surface area contributed by atoms with Gasteiger partial charge in [-0.25, -0.2) is 4.39 Å². The number of hydrogen-bond donors (Lipinski definition) is 3. The zero-order valence-corrected chi connectivity index (χ0v) is 16.6. The van der Waals surface area contributed by atoms with Gasteiger partial charge in [0.1, 0.15) is 5.82 Å². The van der Waals surface area contributed by atoms with Crippen molar-refractivity contribution in [3.63, 3.8) is 0 Å². The molecule has 2 amide bonds. The first-order valence-electron chi connectivity index (χ1n) is 9.76. The summed E-state index contributed by atoms with van der Waals surface area (Å²) < 4.78 is 13.4. The van der Waals surface area contributed by atoms with Gasteiger partial charge >= 0.3 is 5.97 Å². The largest absolute Gasteiger partial charge is 0.481 e. The van der Waals surface area contributed by atoms with E-state index in [0.29, 0.717) is 41.8 Å². The molecule has 0 saturated heterocycles. The van der Waals surface area contributed by atoms with E-state index in [1.165, 1.54) is 24.4 Å². The second-order valence-electron chi connectivity index (χ2n) is 6.92. The summed E-state index contributed by atoms with van der Waals surface area (Å²) in [4.78, 5) is 34.5. The van der Waals surface area contributed by atoms with Crippen LogP contribution in [0.2, 0.25) is 0 Å². The molecule has 8 nitrogen and oxygen atoms in total. The van der Waals surface area contributed by atoms with Crippen LogP contribution in [-0.4, -0.2) is 41.4 Å². The second kappa shape index (κ2) is 10.2. The molecule has 0 saturated carbocycles. The van der Waals surface area contributed by atoms with Crippen molar-refractivity contribution in [2.45, 2.75) is 25.7 Å². The molecule has 0 atom stereocenters. The fraction of sp³-hybridized carbons (Fsp3) is 0.227. The number of nitrogens with one attached hydrogen (secondary N) is 2. The topological polar surface area (TPSA) is 120 Å². The summed E-state index contributed by atoms with van der Waals surface area (Å²) in [6.45, 7) is 0.475. The van der Waals surface area contributed by atoms with Gasteiger partial charge in [0.05, 0.1) is 11.9 Å². The van der Waals surface area contributed by atoms with Crippen LogP contribution in [0.25, 0.3) is 0 Å². The van der Waals surface area contributed by atoms with Crippen molar-refractivity contribution in [2.24, 2.45) is 10.2 Å². The van der Waals surface area contributed by atoms with E-state index in [2.05, 4.69) is 20.8 Å². The third kappa shape index (κ3) is 6.05. The van der Waals surface area contributed by atoms with Gasteiger partial charge in [0.15, 0.2) is 5.71 Å². The molecule has 0 aliphatic carbocycles. The van der Waals surface area contributed by atoms with Crippen molar-refractivity contribution in [1.82, 2.24) is 5.32 Å². The van der Waals surface area contributed by atoms with E-state index in [9.17, 15) is 18.8 Å². The predicted molar refractivity (Wildman–Crippen MR) is 114 cm³/mol. The summed E-state index contributed by atoms with van der Waals surface area (Å²) in [7, 11) is 0. The maximum atomic E-state index is 13.4. The molecule has 0 spiro atoms. The van der Waals surface area contributed by atoms with Gasteiger partial charge in [0, 0.05) is 24.1 Å². The van der Waals surface area contributed by atoms with Crippen molar-refractivity contribution in [3.05, 3.63) is 65.0 Å². The minimum Gasteiger partial charge on any atom is -0.481 e. The van der Waals surface area contributed by atoms with Gasteiger partial charge in [0.2, 0.25) is 0 Å². The van der Waals surface area contributed by atoms with Crippen molar-refractivity contribution in [3.8, 4) is 0 Å². The van der Waals surface area contributed by atoms with Gasteiger partial charge in [-0.2, -0.15) is 5.10 Å². The van der Waals surface area contributed by atoms with Crippen molar-refractivity contribution in [2.75, 3.05) is 11.9 Å². The van der Waals surface area contributed by atoms with E-state index in [0.717, 1.165) is 6.42 Å². The number of nitrogens with zero attached hydrogens (tertiary/aromatic N) is 2. The molecule has 3 N–H and O–H groups in total. The third-order valence-corrected chi connectivity index (χ3v) is 4.59. The lowest BCUT2D eigenvalue weighted by molar-refractivity contribution is -0.137. The number of carboxylic acids is 1. The first-order chi connectivity index (χ1) is 14.9. The smallest absolute Gasteiger partial charge is 0.303 e. The molecule has 31 heavy (non-hydrogen) atoms. The van der Waals surface area contributed by atoms with E-state index in [1.807, 2.05) is 0 Å². The Morgan fingerprint density at radius 2 is 1.87 bits per heavy atom. The Bertz CT molecular complexity index is 1050. The SMILES string of the molecule is O=C(O)CCCCCNC(=O)c1ccc(C=NN=C2C(=O)Nc3ccc(F)cc32)cc1. The van der Waals surface area contributed by atoms with E-state index < -0.39 is 17.7 Å². The fourth-order valence-electron chi connectivity index (χ4n) is 2.98. The van der Waals surface area contributed by atoms with Gasteiger partial charge in [0.25, 0.3) is 11.8 Å². The molecular formula is C22H21FN4O4. The first kappa shape index (κ1) is 21.8. The van der Waals surface area contributed by atoms with Crippen molar-refractivity contribution < 1.29 is 23.9 Å². The number of carbonyl (C=O) groups is 3. The molecule has 0 aromatic heterocycles. The molecule has 1 aliphatic rings. The van der Waals surface area contributed by atoms with Gasteiger partial charge in [-0.15, -0.1) is 5.10 Å². The van der Waals surface area contributed by atoms with Gasteiger partial charge in [-0.05, 0) is 48.7 Å². The molecular weight excluding hydrogens is 403 g/mol. The van der Waals surface area contributed by atoms with Gasteiger partial charge < -0.3 is 15.7 Å². The summed E-state index contributed by atoms with van der Waals surface area (Å²) >= 11 is 0. The van der Waals surface area contributed by atoms with E-state index >= 15 is 0 Å². The van der Waals surface area contributed by atoms with Crippen LogP contribution in [0, 0.1) is 5.82 Å². The van der Waals surface area contributed by atoms with E-state index in [-0.39, 0.29) is 18.0 Å². The number of benzene rings is 2. The highest BCUT2D eigenvalue weighted by atomic mass is 19.1. The quantitative estimate of drug-likeness (QED) is 0.326. The molecule has 3 rings (SSSR count). The van der Waals surface area contributed by atoms with Crippen LogP contribution in [0.3, 0.4) is 0 Å². The summed E-state index contributed by atoms with van der Waals surface area (Å²) in [6, 6.07) is 10.6. The number of fused-ring (bicyclic) bond motifs is 1. The van der Waals surface area contributed by atoms with Gasteiger partial charge in [-0.3, -0.25) is 14.4 Å². The number of rotatable bonds is 9. The molecule has 0 bridgehead atoms. The maximum Gasteiger partial charge on any atom is 0.303 e. The van der Waals surface area contributed by atoms with Crippen LogP contribution in [-0.2, 0) is 9.59 Å². The third-order valence-electron chi connectivity index (χ3n) is 4.59. The minimum atomic E-state index is -0.815. The average molecular weight is 424 g/mol. The molecule has 2 aromatic rings. The summed E-state index contributed by atoms with van der Waals surface area (Å²) in [5, 5.41) is 21.8. The lowest BCUT2D eigenvalue weighted by atomic mass is 10.1. The lowest BCUT2D eigenvalue weighted by Crippen LogP contribution is -2.24. The van der Waals surface area contributed by atoms with Crippen LogP contribution >= 0.6 is 0 Å². The Morgan fingerprint density at radius 3 is 2.61 bits per heavy atom. The Balaban J connectivity index is 1.53. The highest BCUT2D eigenvalue weighted by Crippen LogP contribution is 2.24. The number of carboxylic acid groups (broad SMARTS) is 1. The minimum absolute atomic E-state index is 0.0325. The molecule has 1 heterocycles. The molecule has 0 fully saturated rings. The van der Waals surface area contributed by atoms with E-state index in [1.54, 1.807) is 24.3 Å². The van der Waals surface area contributed by atoms with Crippen LogP contribution in [0.4, 0.5) is 10.1 Å². The highest BCUT2D eigenvalue weighted by Gasteiger charge is 2.26. The average Bonchev–Trinajstić information content (AvgIpc) is 3.05. The summed E-state index contributed by atoms with van der Waals surface area (Å²) in [5.74, 6) is -1.96. The monoisotopic (exact) mass is 424 g/mol. The van der Waals surface area contributed by atoms with Crippen molar-refractivity contribution in [1.29, 1.82) is 0 Å². The Morgan fingerprint density at radius 1 is 1.10 bits per heavy atom. The Labute approximate surface area is 177 Å². The van der Waals surface area contributed by atoms with Crippen LogP contribution in [0.5, 0.6) is 0 Å². The van der Waals surface area contributed by atoms with Gasteiger partial charge in [-0.1, -0.05) is 18.6 Å². The normalized spacial score (nSPS) is 14.0. The number of hydrogen-bond acceptors (Lipinski definition) is 5. The number of carbonyl (C=O) groups excluding carboxylic acids is 2. The van der Waals surface area contributed by atoms with E-state index in [4.69, 9.17) is 5.11 Å². The zero-order valence-electron chi connectivity index (χ0n) is 16.6. The van der Waals surface area contributed by atoms with Crippen LogP contribution in [0.15, 0.2) is 52.7 Å².